The van der Waals surface area contributed by atoms with Gasteiger partial charge in [-0.2, -0.15) is 13.2 Å². The van der Waals surface area contributed by atoms with Crippen LogP contribution in [0.2, 0.25) is 0 Å². The van der Waals surface area contributed by atoms with Crippen LogP contribution in [0.15, 0.2) is 6.07 Å². The lowest BCUT2D eigenvalue weighted by atomic mass is 9.87. The number of amides is 1. The number of rotatable bonds is 3. The molecule has 2 aromatic rings. The number of aromatic nitrogens is 2. The summed E-state index contributed by atoms with van der Waals surface area (Å²) >= 11 is 1.74. The smallest absolute Gasteiger partial charge is 0.296 e. The monoisotopic (exact) mass is 361 g/mol. The molecular weight excluding hydrogens is 347 g/mol. The second kappa shape index (κ2) is 6.20. The summed E-state index contributed by atoms with van der Waals surface area (Å²) in [6.45, 7) is 2.16. The third kappa shape index (κ3) is 3.55. The number of aryl methyl sites for hydroxylation is 1. The van der Waals surface area contributed by atoms with Crippen molar-refractivity contribution in [3.05, 3.63) is 26.4 Å². The number of nitrogens with zero attached hydrogens (tertiary/aromatic N) is 2. The topological polar surface area (TPSA) is 54.9 Å². The molecule has 2 heterocycles. The van der Waals surface area contributed by atoms with Gasteiger partial charge >= 0.3 is 6.18 Å². The van der Waals surface area contributed by atoms with Gasteiger partial charge < -0.3 is 0 Å². The maximum absolute atomic E-state index is 12.5. The molecule has 4 nitrogen and oxygen atoms in total. The molecule has 2 aromatic heterocycles. The Morgan fingerprint density at radius 3 is 2.83 bits per heavy atom. The van der Waals surface area contributed by atoms with Gasteiger partial charge in [0, 0.05) is 4.88 Å². The number of fused-ring (bicyclic) bond motifs is 1. The molecule has 0 aliphatic heterocycles. The summed E-state index contributed by atoms with van der Waals surface area (Å²) in [5, 5.41) is 7.63. The number of hydrogen-bond donors (Lipinski definition) is 1. The minimum Gasteiger partial charge on any atom is -0.296 e. The Labute approximate surface area is 138 Å². The molecule has 1 amide bonds. The average molecular weight is 361 g/mol. The van der Waals surface area contributed by atoms with Crippen LogP contribution in [0.25, 0.3) is 0 Å². The van der Waals surface area contributed by atoms with E-state index in [1.54, 1.807) is 0 Å². The Hall–Kier alpha value is -1.48. The van der Waals surface area contributed by atoms with E-state index < -0.39 is 17.1 Å². The molecule has 1 unspecified atom stereocenters. The minimum atomic E-state index is -4.54. The highest BCUT2D eigenvalue weighted by Gasteiger charge is 2.36. The second-order valence-corrected chi connectivity index (χ2v) is 7.55. The Morgan fingerprint density at radius 2 is 2.17 bits per heavy atom. The van der Waals surface area contributed by atoms with Crippen LogP contribution in [-0.4, -0.2) is 16.1 Å². The summed E-state index contributed by atoms with van der Waals surface area (Å²) < 4.78 is 37.5. The fraction of sp³-hybridized carbons (Fsp3) is 0.500. The van der Waals surface area contributed by atoms with Gasteiger partial charge in [0.05, 0.1) is 4.88 Å². The molecule has 0 bridgehead atoms. The zero-order chi connectivity index (χ0) is 16.6. The van der Waals surface area contributed by atoms with Gasteiger partial charge in [0.1, 0.15) is 0 Å². The van der Waals surface area contributed by atoms with E-state index in [1.807, 2.05) is 6.07 Å². The van der Waals surface area contributed by atoms with Crippen LogP contribution in [0, 0.1) is 5.92 Å². The number of nitrogens with one attached hydrogen (secondary N) is 1. The average Bonchev–Trinajstić information content (AvgIpc) is 3.11. The first-order valence-electron chi connectivity index (χ1n) is 7.20. The maximum Gasteiger partial charge on any atom is 0.445 e. The first-order chi connectivity index (χ1) is 10.9. The molecular formula is C14H14F3N3OS2. The zero-order valence-electron chi connectivity index (χ0n) is 12.2. The van der Waals surface area contributed by atoms with Crippen molar-refractivity contribution in [2.24, 2.45) is 5.92 Å². The van der Waals surface area contributed by atoms with E-state index in [0.29, 0.717) is 22.1 Å². The van der Waals surface area contributed by atoms with Gasteiger partial charge in [-0.25, -0.2) is 0 Å². The minimum absolute atomic E-state index is 0.139. The molecule has 1 aliphatic carbocycles. The molecule has 0 saturated carbocycles. The van der Waals surface area contributed by atoms with Crippen LogP contribution >= 0.6 is 22.7 Å². The lowest BCUT2D eigenvalue weighted by molar-refractivity contribution is -0.138. The molecule has 0 fully saturated rings. The molecule has 23 heavy (non-hydrogen) atoms. The van der Waals surface area contributed by atoms with E-state index >= 15 is 0 Å². The first kappa shape index (κ1) is 16.4. The van der Waals surface area contributed by atoms with Gasteiger partial charge in [0.2, 0.25) is 10.1 Å². The van der Waals surface area contributed by atoms with Crippen molar-refractivity contribution in [3.8, 4) is 0 Å². The summed E-state index contributed by atoms with van der Waals surface area (Å²) in [5.41, 5.74) is 1.19. The fourth-order valence-electron chi connectivity index (χ4n) is 2.61. The summed E-state index contributed by atoms with van der Waals surface area (Å²) in [4.78, 5) is 13.9. The predicted molar refractivity (Wildman–Crippen MR) is 83.0 cm³/mol. The highest BCUT2D eigenvalue weighted by molar-refractivity contribution is 7.16. The maximum atomic E-state index is 12.5. The predicted octanol–water partition coefficient (Wildman–Crippen LogP) is 4.39. The van der Waals surface area contributed by atoms with Gasteiger partial charge in [0.15, 0.2) is 0 Å². The third-order valence-corrected chi connectivity index (χ3v) is 5.99. The van der Waals surface area contributed by atoms with Gasteiger partial charge in [-0.05, 0) is 36.8 Å². The fourth-order valence-corrected chi connectivity index (χ4v) is 4.32. The van der Waals surface area contributed by atoms with Crippen molar-refractivity contribution in [2.45, 2.75) is 38.8 Å². The summed E-state index contributed by atoms with van der Waals surface area (Å²) in [5.74, 6) is 0.216. The van der Waals surface area contributed by atoms with E-state index in [0.717, 1.165) is 25.7 Å². The quantitative estimate of drug-likeness (QED) is 0.882. The van der Waals surface area contributed by atoms with Crippen LogP contribution in [0.3, 0.4) is 0 Å². The van der Waals surface area contributed by atoms with Crippen molar-refractivity contribution in [3.63, 3.8) is 0 Å². The SMILES string of the molecule is CCC1CCc2sc(C(=O)Nc3nnc(C(F)(F)F)s3)cc2C1. The molecule has 0 aromatic carbocycles. The van der Waals surface area contributed by atoms with E-state index in [-0.39, 0.29) is 5.13 Å². The van der Waals surface area contributed by atoms with Crippen LogP contribution in [0.4, 0.5) is 18.3 Å². The third-order valence-electron chi connectivity index (χ3n) is 3.87. The van der Waals surface area contributed by atoms with Crippen LogP contribution in [0.1, 0.15) is 44.9 Å². The normalized spacial score (nSPS) is 17.8. The number of halogens is 3. The lowest BCUT2D eigenvalue weighted by Crippen LogP contribution is -2.11. The van der Waals surface area contributed by atoms with E-state index in [2.05, 4.69) is 22.4 Å². The summed E-state index contributed by atoms with van der Waals surface area (Å²) in [6.07, 6.45) is -0.383. The van der Waals surface area contributed by atoms with Crippen molar-refractivity contribution in [1.82, 2.24) is 10.2 Å². The summed E-state index contributed by atoms with van der Waals surface area (Å²) in [6, 6.07) is 1.85. The molecule has 0 radical (unpaired) electrons. The Bertz CT molecular complexity index is 723. The molecule has 0 saturated heterocycles. The molecule has 1 N–H and O–H groups in total. The van der Waals surface area contributed by atoms with Crippen molar-refractivity contribution in [1.29, 1.82) is 0 Å². The van der Waals surface area contributed by atoms with Crippen LogP contribution in [-0.2, 0) is 19.0 Å². The van der Waals surface area contributed by atoms with Crippen LogP contribution < -0.4 is 5.32 Å². The standard InChI is InChI=1S/C14H14F3N3OS2/c1-2-7-3-4-9-8(5-7)6-10(22-9)11(21)18-13-20-19-12(23-13)14(15,16)17/h6-7H,2-5H2,1H3,(H,18,20,21). The molecule has 0 spiro atoms. The molecule has 1 atom stereocenters. The number of hydrogen-bond acceptors (Lipinski definition) is 5. The largest absolute Gasteiger partial charge is 0.445 e. The lowest BCUT2D eigenvalue weighted by Gasteiger charge is -2.19. The molecule has 3 rings (SSSR count). The second-order valence-electron chi connectivity index (χ2n) is 5.44. The highest BCUT2D eigenvalue weighted by Crippen LogP contribution is 2.35. The number of thiophene rings is 1. The van der Waals surface area contributed by atoms with Gasteiger partial charge in [0.25, 0.3) is 5.91 Å². The van der Waals surface area contributed by atoms with Crippen molar-refractivity contribution in [2.75, 3.05) is 5.32 Å². The highest BCUT2D eigenvalue weighted by atomic mass is 32.1. The Kier molecular flexibility index (Phi) is 4.41. The number of carbonyl (C=O) groups is 1. The molecule has 1 aliphatic rings. The van der Waals surface area contributed by atoms with Gasteiger partial charge in [-0.3, -0.25) is 10.1 Å². The van der Waals surface area contributed by atoms with E-state index in [9.17, 15) is 18.0 Å². The number of carbonyl (C=O) groups excluding carboxylic acids is 1. The first-order valence-corrected chi connectivity index (χ1v) is 8.83. The van der Waals surface area contributed by atoms with Crippen molar-refractivity contribution >= 4 is 33.7 Å². The molecule has 124 valence electrons. The van der Waals surface area contributed by atoms with Crippen LogP contribution in [0.5, 0.6) is 0 Å². The van der Waals surface area contributed by atoms with Crippen molar-refractivity contribution < 1.29 is 18.0 Å². The van der Waals surface area contributed by atoms with Gasteiger partial charge in [-0.15, -0.1) is 21.5 Å². The molecule has 9 heteroatoms. The zero-order valence-corrected chi connectivity index (χ0v) is 13.9. The Balaban J connectivity index is 1.72. The Morgan fingerprint density at radius 1 is 1.39 bits per heavy atom. The number of alkyl halides is 3. The van der Waals surface area contributed by atoms with E-state index in [4.69, 9.17) is 0 Å². The van der Waals surface area contributed by atoms with Gasteiger partial charge in [-0.1, -0.05) is 24.7 Å². The number of anilines is 1. The van der Waals surface area contributed by atoms with E-state index in [1.165, 1.54) is 21.8 Å². The summed E-state index contributed by atoms with van der Waals surface area (Å²) in [7, 11) is 0.